The zero-order valence-electron chi connectivity index (χ0n) is 12.7. The van der Waals surface area contributed by atoms with Gasteiger partial charge in [-0.25, -0.2) is 0 Å². The summed E-state index contributed by atoms with van der Waals surface area (Å²) in [4.78, 5) is 17.2. The first-order valence-corrected chi connectivity index (χ1v) is 7.83. The summed E-state index contributed by atoms with van der Waals surface area (Å²) in [6.07, 6.45) is 5.00. The third-order valence-electron chi connectivity index (χ3n) is 4.56. The van der Waals surface area contributed by atoms with Gasteiger partial charge in [-0.15, -0.1) is 0 Å². The van der Waals surface area contributed by atoms with E-state index in [1.165, 1.54) is 25.9 Å². The number of nitrogens with zero attached hydrogens (tertiary/aromatic N) is 2. The summed E-state index contributed by atoms with van der Waals surface area (Å²) >= 11 is 0. The van der Waals surface area contributed by atoms with Crippen LogP contribution in [0.5, 0.6) is 0 Å². The molecule has 1 amide bonds. The van der Waals surface area contributed by atoms with Gasteiger partial charge in [-0.2, -0.15) is 0 Å². The molecule has 2 rings (SSSR count). The van der Waals surface area contributed by atoms with E-state index in [1.807, 2.05) is 13.8 Å². The standard InChI is InChI=1S/C15H29N3O/c1-4-16-15(2,3)14(19)18-11-7-13(8-12-18)17-9-5-6-10-17/h13,16H,4-12H2,1-3H3. The summed E-state index contributed by atoms with van der Waals surface area (Å²) in [5.74, 6) is 0.259. The van der Waals surface area contributed by atoms with E-state index >= 15 is 0 Å². The largest absolute Gasteiger partial charge is 0.341 e. The van der Waals surface area contributed by atoms with Gasteiger partial charge in [-0.1, -0.05) is 6.92 Å². The summed E-state index contributed by atoms with van der Waals surface area (Å²) < 4.78 is 0. The molecule has 2 saturated heterocycles. The highest BCUT2D eigenvalue weighted by Crippen LogP contribution is 2.22. The average molecular weight is 267 g/mol. The summed E-state index contributed by atoms with van der Waals surface area (Å²) in [6.45, 7) is 11.3. The van der Waals surface area contributed by atoms with Crippen LogP contribution in [-0.2, 0) is 4.79 Å². The number of rotatable bonds is 4. The maximum Gasteiger partial charge on any atom is 0.242 e. The molecule has 0 spiro atoms. The van der Waals surface area contributed by atoms with Gasteiger partial charge in [-0.05, 0) is 59.2 Å². The summed E-state index contributed by atoms with van der Waals surface area (Å²) in [5.41, 5.74) is -0.421. The Morgan fingerprint density at radius 2 is 1.74 bits per heavy atom. The van der Waals surface area contributed by atoms with E-state index < -0.39 is 5.54 Å². The smallest absolute Gasteiger partial charge is 0.242 e. The SMILES string of the molecule is CCNC(C)(C)C(=O)N1CCC(N2CCCC2)CC1. The van der Waals surface area contributed by atoms with Gasteiger partial charge in [0.2, 0.25) is 5.91 Å². The highest BCUT2D eigenvalue weighted by Gasteiger charge is 2.34. The van der Waals surface area contributed by atoms with E-state index in [0.717, 1.165) is 32.5 Å². The number of amides is 1. The van der Waals surface area contributed by atoms with E-state index in [2.05, 4.69) is 22.0 Å². The molecule has 0 aliphatic carbocycles. The van der Waals surface area contributed by atoms with E-state index in [1.54, 1.807) is 0 Å². The zero-order chi connectivity index (χ0) is 13.9. The van der Waals surface area contributed by atoms with Gasteiger partial charge in [0.1, 0.15) is 0 Å². The number of hydrogen-bond acceptors (Lipinski definition) is 3. The van der Waals surface area contributed by atoms with Gasteiger partial charge in [0.15, 0.2) is 0 Å². The molecule has 0 radical (unpaired) electrons. The number of carbonyl (C=O) groups is 1. The molecule has 1 N–H and O–H groups in total. The van der Waals surface area contributed by atoms with Crippen molar-refractivity contribution >= 4 is 5.91 Å². The maximum atomic E-state index is 12.5. The molecular weight excluding hydrogens is 238 g/mol. The molecule has 0 unspecified atom stereocenters. The second-order valence-electron chi connectivity index (χ2n) is 6.42. The predicted octanol–water partition coefficient (Wildman–Crippen LogP) is 1.46. The molecule has 0 aromatic rings. The van der Waals surface area contributed by atoms with Gasteiger partial charge < -0.3 is 15.1 Å². The van der Waals surface area contributed by atoms with Crippen LogP contribution < -0.4 is 5.32 Å². The second-order valence-corrected chi connectivity index (χ2v) is 6.42. The van der Waals surface area contributed by atoms with E-state index in [0.29, 0.717) is 6.04 Å². The Kier molecular flexibility index (Phi) is 4.85. The van der Waals surface area contributed by atoms with Gasteiger partial charge in [0.25, 0.3) is 0 Å². The van der Waals surface area contributed by atoms with Gasteiger partial charge in [0, 0.05) is 19.1 Å². The van der Waals surface area contributed by atoms with Crippen molar-refractivity contribution in [2.24, 2.45) is 0 Å². The summed E-state index contributed by atoms with van der Waals surface area (Å²) in [5, 5.41) is 3.28. The highest BCUT2D eigenvalue weighted by atomic mass is 16.2. The minimum Gasteiger partial charge on any atom is -0.341 e. The second kappa shape index (κ2) is 6.23. The normalized spacial score (nSPS) is 23.0. The minimum absolute atomic E-state index is 0.259. The molecule has 0 aromatic heterocycles. The monoisotopic (exact) mass is 267 g/mol. The molecule has 4 heteroatoms. The number of carbonyl (C=O) groups excluding carboxylic acids is 1. The first-order valence-electron chi connectivity index (χ1n) is 7.83. The number of likely N-dealkylation sites (N-methyl/N-ethyl adjacent to an activating group) is 1. The fourth-order valence-corrected chi connectivity index (χ4v) is 3.45. The summed E-state index contributed by atoms with van der Waals surface area (Å²) in [6, 6.07) is 0.716. The maximum absolute atomic E-state index is 12.5. The fraction of sp³-hybridized carbons (Fsp3) is 0.933. The topological polar surface area (TPSA) is 35.6 Å². The van der Waals surface area contributed by atoms with Crippen LogP contribution in [0.25, 0.3) is 0 Å². The van der Waals surface area contributed by atoms with Crippen molar-refractivity contribution in [1.82, 2.24) is 15.1 Å². The molecule has 4 nitrogen and oxygen atoms in total. The lowest BCUT2D eigenvalue weighted by Gasteiger charge is -2.39. The fourth-order valence-electron chi connectivity index (χ4n) is 3.45. The van der Waals surface area contributed by atoms with Gasteiger partial charge in [-0.3, -0.25) is 4.79 Å². The molecule has 2 fully saturated rings. The van der Waals surface area contributed by atoms with Crippen molar-refractivity contribution in [1.29, 1.82) is 0 Å². The van der Waals surface area contributed by atoms with Crippen LogP contribution in [0, 0.1) is 0 Å². The van der Waals surface area contributed by atoms with Gasteiger partial charge >= 0.3 is 0 Å². The zero-order valence-corrected chi connectivity index (χ0v) is 12.7. The van der Waals surface area contributed by atoms with Crippen LogP contribution in [0.4, 0.5) is 0 Å². The Morgan fingerprint density at radius 3 is 2.26 bits per heavy atom. The van der Waals surface area contributed by atoms with Crippen LogP contribution in [-0.4, -0.2) is 60.0 Å². The molecular formula is C15H29N3O. The number of piperidine rings is 1. The number of nitrogens with one attached hydrogen (secondary N) is 1. The molecule has 2 aliphatic heterocycles. The van der Waals surface area contributed by atoms with Gasteiger partial charge in [0.05, 0.1) is 5.54 Å². The minimum atomic E-state index is -0.421. The molecule has 19 heavy (non-hydrogen) atoms. The van der Waals surface area contributed by atoms with Crippen LogP contribution in [0.3, 0.4) is 0 Å². The molecule has 2 heterocycles. The van der Waals surface area contributed by atoms with Crippen LogP contribution in [0.2, 0.25) is 0 Å². The van der Waals surface area contributed by atoms with Crippen molar-refractivity contribution in [3.63, 3.8) is 0 Å². The molecule has 0 bridgehead atoms. The highest BCUT2D eigenvalue weighted by molar-refractivity contribution is 5.85. The Morgan fingerprint density at radius 1 is 1.16 bits per heavy atom. The first-order chi connectivity index (χ1) is 9.04. The van der Waals surface area contributed by atoms with E-state index in [4.69, 9.17) is 0 Å². The molecule has 110 valence electrons. The molecule has 0 aromatic carbocycles. The molecule has 0 atom stereocenters. The quantitative estimate of drug-likeness (QED) is 0.837. The lowest BCUT2D eigenvalue weighted by atomic mass is 9.98. The number of likely N-dealkylation sites (tertiary alicyclic amines) is 2. The average Bonchev–Trinajstić information content (AvgIpc) is 2.92. The Bertz CT molecular complexity index is 303. The molecule has 0 saturated carbocycles. The predicted molar refractivity (Wildman–Crippen MR) is 78.2 cm³/mol. The lowest BCUT2D eigenvalue weighted by molar-refractivity contribution is -0.138. The Balaban J connectivity index is 1.83. The van der Waals surface area contributed by atoms with Crippen molar-refractivity contribution in [3.8, 4) is 0 Å². The van der Waals surface area contributed by atoms with Crippen molar-refractivity contribution < 1.29 is 4.79 Å². The Labute approximate surface area is 117 Å². The third kappa shape index (κ3) is 3.48. The van der Waals surface area contributed by atoms with E-state index in [9.17, 15) is 4.79 Å². The van der Waals surface area contributed by atoms with Crippen LogP contribution in [0.15, 0.2) is 0 Å². The van der Waals surface area contributed by atoms with Crippen LogP contribution in [0.1, 0.15) is 46.5 Å². The van der Waals surface area contributed by atoms with Crippen molar-refractivity contribution in [2.75, 3.05) is 32.7 Å². The van der Waals surface area contributed by atoms with Crippen molar-refractivity contribution in [2.45, 2.75) is 58.0 Å². The van der Waals surface area contributed by atoms with Crippen LogP contribution >= 0.6 is 0 Å². The Hall–Kier alpha value is -0.610. The van der Waals surface area contributed by atoms with Crippen molar-refractivity contribution in [3.05, 3.63) is 0 Å². The van der Waals surface area contributed by atoms with E-state index in [-0.39, 0.29) is 5.91 Å². The molecule has 2 aliphatic rings. The first kappa shape index (κ1) is 14.8. The number of hydrogen-bond donors (Lipinski definition) is 1. The summed E-state index contributed by atoms with van der Waals surface area (Å²) in [7, 11) is 0. The third-order valence-corrected chi connectivity index (χ3v) is 4.56. The lowest BCUT2D eigenvalue weighted by Crippen LogP contribution is -2.56.